The molecule has 2 nitrogen and oxygen atoms in total. The highest BCUT2D eigenvalue weighted by atomic mass is 16.1. The molecule has 0 fully saturated rings. The first-order valence-electron chi connectivity index (χ1n) is 4.01. The molecule has 0 aliphatic heterocycles. The molecule has 0 aromatic heterocycles. The van der Waals surface area contributed by atoms with E-state index in [-0.39, 0.29) is 5.91 Å². The second-order valence-electron chi connectivity index (χ2n) is 2.81. The maximum Gasteiger partial charge on any atom is 0.246 e. The van der Waals surface area contributed by atoms with E-state index >= 15 is 0 Å². The normalized spacial score (nSPS) is 9.09. The summed E-state index contributed by atoms with van der Waals surface area (Å²) in [4.78, 5) is 11.2. The lowest BCUT2D eigenvalue weighted by Crippen LogP contribution is -2.20. The van der Waals surface area contributed by atoms with E-state index in [0.717, 1.165) is 24.0 Å². The number of allylic oxidation sites excluding steroid dienone is 1. The fraction of sp³-hybridized carbons (Fsp3) is 0.667. The van der Waals surface area contributed by atoms with E-state index in [1.807, 2.05) is 13.8 Å². The topological polar surface area (TPSA) is 29.1 Å². The van der Waals surface area contributed by atoms with Gasteiger partial charge in [0.2, 0.25) is 5.91 Å². The van der Waals surface area contributed by atoms with Crippen molar-refractivity contribution in [2.24, 2.45) is 0 Å². The minimum Gasteiger partial charge on any atom is -0.355 e. The van der Waals surface area contributed by atoms with Crippen molar-refractivity contribution in [3.63, 3.8) is 0 Å². The van der Waals surface area contributed by atoms with Gasteiger partial charge in [-0.3, -0.25) is 4.79 Å². The lowest BCUT2D eigenvalue weighted by atomic mass is 10.1. The lowest BCUT2D eigenvalue weighted by molar-refractivity contribution is -0.117. The summed E-state index contributed by atoms with van der Waals surface area (Å²) in [7, 11) is 1.67. The van der Waals surface area contributed by atoms with E-state index in [1.165, 1.54) is 0 Å². The quantitative estimate of drug-likeness (QED) is 0.619. The van der Waals surface area contributed by atoms with E-state index < -0.39 is 0 Å². The summed E-state index contributed by atoms with van der Waals surface area (Å²) in [6.07, 6.45) is 1.90. The van der Waals surface area contributed by atoms with Crippen LogP contribution in [0.5, 0.6) is 0 Å². The largest absolute Gasteiger partial charge is 0.355 e. The SMILES string of the molecule is CCCC(C(=O)NC)=C(C)C. The number of carbonyl (C=O) groups excluding carboxylic acids is 1. The lowest BCUT2D eigenvalue weighted by Gasteiger charge is -2.05. The molecule has 0 aliphatic carbocycles. The molecule has 1 amide bonds. The fourth-order valence-electron chi connectivity index (χ4n) is 0.991. The molecule has 0 radical (unpaired) electrons. The molecular formula is C9H17NO. The predicted molar refractivity (Wildman–Crippen MR) is 47.3 cm³/mol. The number of likely N-dealkylation sites (N-methyl/N-ethyl adjacent to an activating group) is 1. The number of rotatable bonds is 3. The van der Waals surface area contributed by atoms with Gasteiger partial charge in [0, 0.05) is 12.6 Å². The molecule has 0 bridgehead atoms. The molecule has 11 heavy (non-hydrogen) atoms. The molecular weight excluding hydrogens is 138 g/mol. The zero-order chi connectivity index (χ0) is 8.85. The van der Waals surface area contributed by atoms with Gasteiger partial charge in [0.15, 0.2) is 0 Å². The van der Waals surface area contributed by atoms with Gasteiger partial charge in [-0.05, 0) is 20.3 Å². The number of amides is 1. The molecule has 0 saturated carbocycles. The van der Waals surface area contributed by atoms with Crippen LogP contribution in [-0.4, -0.2) is 13.0 Å². The van der Waals surface area contributed by atoms with Crippen LogP contribution < -0.4 is 5.32 Å². The number of hydrogen-bond acceptors (Lipinski definition) is 1. The van der Waals surface area contributed by atoms with Gasteiger partial charge in [0.1, 0.15) is 0 Å². The average molecular weight is 155 g/mol. The highest BCUT2D eigenvalue weighted by Crippen LogP contribution is 2.09. The van der Waals surface area contributed by atoms with Crippen molar-refractivity contribution in [2.45, 2.75) is 33.6 Å². The number of nitrogens with one attached hydrogen (secondary N) is 1. The van der Waals surface area contributed by atoms with E-state index in [9.17, 15) is 4.79 Å². The first-order valence-corrected chi connectivity index (χ1v) is 4.01. The van der Waals surface area contributed by atoms with Gasteiger partial charge in [-0.2, -0.15) is 0 Å². The minimum absolute atomic E-state index is 0.0619. The minimum atomic E-state index is 0.0619. The first-order chi connectivity index (χ1) is 5.13. The van der Waals surface area contributed by atoms with Crippen LogP contribution in [0.4, 0.5) is 0 Å². The van der Waals surface area contributed by atoms with E-state index in [0.29, 0.717) is 0 Å². The zero-order valence-corrected chi connectivity index (χ0v) is 7.82. The molecule has 0 heterocycles. The summed E-state index contributed by atoms with van der Waals surface area (Å²) in [5.74, 6) is 0.0619. The summed E-state index contributed by atoms with van der Waals surface area (Å²) in [6.45, 7) is 6.02. The van der Waals surface area contributed by atoms with Gasteiger partial charge in [0.05, 0.1) is 0 Å². The Morgan fingerprint density at radius 3 is 2.18 bits per heavy atom. The second-order valence-corrected chi connectivity index (χ2v) is 2.81. The van der Waals surface area contributed by atoms with Crippen molar-refractivity contribution in [1.82, 2.24) is 5.32 Å². The summed E-state index contributed by atoms with van der Waals surface area (Å²) in [5.41, 5.74) is 2.04. The van der Waals surface area contributed by atoms with Crippen LogP contribution in [0.15, 0.2) is 11.1 Å². The summed E-state index contributed by atoms with van der Waals surface area (Å²) in [6, 6.07) is 0. The summed E-state index contributed by atoms with van der Waals surface area (Å²) >= 11 is 0. The molecule has 0 atom stereocenters. The molecule has 0 aromatic rings. The third-order valence-corrected chi connectivity index (χ3v) is 1.60. The Morgan fingerprint density at radius 2 is 1.91 bits per heavy atom. The van der Waals surface area contributed by atoms with Crippen molar-refractivity contribution >= 4 is 5.91 Å². The first kappa shape index (κ1) is 10.2. The van der Waals surface area contributed by atoms with Gasteiger partial charge < -0.3 is 5.32 Å². The third kappa shape index (κ3) is 3.21. The van der Waals surface area contributed by atoms with Crippen LogP contribution in [-0.2, 0) is 4.79 Å². The Balaban J connectivity index is 4.36. The Morgan fingerprint density at radius 1 is 1.36 bits per heavy atom. The van der Waals surface area contributed by atoms with Crippen molar-refractivity contribution in [3.05, 3.63) is 11.1 Å². The third-order valence-electron chi connectivity index (χ3n) is 1.60. The van der Waals surface area contributed by atoms with Crippen molar-refractivity contribution < 1.29 is 4.79 Å². The Kier molecular flexibility index (Phi) is 4.59. The van der Waals surface area contributed by atoms with Crippen LogP contribution in [0.1, 0.15) is 33.6 Å². The van der Waals surface area contributed by atoms with Gasteiger partial charge in [-0.25, -0.2) is 0 Å². The van der Waals surface area contributed by atoms with Crippen LogP contribution in [0.3, 0.4) is 0 Å². The predicted octanol–water partition coefficient (Wildman–Crippen LogP) is 1.87. The molecule has 0 unspecified atom stereocenters. The monoisotopic (exact) mass is 155 g/mol. The van der Waals surface area contributed by atoms with Crippen LogP contribution in [0, 0.1) is 0 Å². The van der Waals surface area contributed by atoms with Crippen molar-refractivity contribution in [2.75, 3.05) is 7.05 Å². The maximum atomic E-state index is 11.2. The molecule has 1 N–H and O–H groups in total. The zero-order valence-electron chi connectivity index (χ0n) is 7.82. The van der Waals surface area contributed by atoms with E-state index in [4.69, 9.17) is 0 Å². The van der Waals surface area contributed by atoms with E-state index in [1.54, 1.807) is 7.05 Å². The van der Waals surface area contributed by atoms with Gasteiger partial charge in [0.25, 0.3) is 0 Å². The summed E-state index contributed by atoms with van der Waals surface area (Å²) < 4.78 is 0. The van der Waals surface area contributed by atoms with Crippen LogP contribution in [0.25, 0.3) is 0 Å². The average Bonchev–Trinajstić information content (AvgIpc) is 1.98. The molecule has 64 valence electrons. The van der Waals surface area contributed by atoms with Crippen LogP contribution >= 0.6 is 0 Å². The summed E-state index contributed by atoms with van der Waals surface area (Å²) in [5, 5.41) is 2.63. The highest BCUT2D eigenvalue weighted by Gasteiger charge is 2.06. The number of carbonyl (C=O) groups is 1. The fourth-order valence-corrected chi connectivity index (χ4v) is 0.991. The second kappa shape index (κ2) is 4.94. The molecule has 0 spiro atoms. The highest BCUT2D eigenvalue weighted by molar-refractivity contribution is 5.93. The maximum absolute atomic E-state index is 11.2. The number of hydrogen-bond donors (Lipinski definition) is 1. The van der Waals surface area contributed by atoms with Gasteiger partial charge in [-0.15, -0.1) is 0 Å². The standard InChI is InChI=1S/C9H17NO/c1-5-6-8(7(2)3)9(11)10-4/h5-6H2,1-4H3,(H,10,11). The molecule has 0 aromatic carbocycles. The van der Waals surface area contributed by atoms with Crippen molar-refractivity contribution in [3.8, 4) is 0 Å². The smallest absolute Gasteiger partial charge is 0.246 e. The molecule has 2 heteroatoms. The Bertz CT molecular complexity index is 166. The van der Waals surface area contributed by atoms with Crippen LogP contribution in [0.2, 0.25) is 0 Å². The molecule has 0 aliphatic rings. The van der Waals surface area contributed by atoms with Gasteiger partial charge in [-0.1, -0.05) is 18.9 Å². The van der Waals surface area contributed by atoms with E-state index in [2.05, 4.69) is 12.2 Å². The van der Waals surface area contributed by atoms with Crippen molar-refractivity contribution in [1.29, 1.82) is 0 Å². The Labute approximate surface area is 68.7 Å². The Hall–Kier alpha value is -0.790. The molecule has 0 saturated heterocycles. The molecule has 0 rings (SSSR count). The van der Waals surface area contributed by atoms with Gasteiger partial charge >= 0.3 is 0 Å².